The molecule has 4 N–H and O–H groups in total. The normalized spacial score (nSPS) is 14.1. The van der Waals surface area contributed by atoms with Crippen LogP contribution in [0.15, 0.2) is 109 Å². The number of hydrogen-bond donors (Lipinski definition) is 2. The number of rotatable bonds is 16. The second kappa shape index (κ2) is 18.0. The fraction of sp³-hybridized carbons (Fsp3) is 0.395. The third-order valence-corrected chi connectivity index (χ3v) is 8.56. The highest BCUT2D eigenvalue weighted by Gasteiger charge is 2.23. The van der Waals surface area contributed by atoms with E-state index in [1.807, 2.05) is 84.9 Å². The van der Waals surface area contributed by atoms with Crippen molar-refractivity contribution in [2.75, 3.05) is 0 Å². The number of esters is 2. The Morgan fingerprint density at radius 1 is 0.529 bits per heavy atom. The van der Waals surface area contributed by atoms with Gasteiger partial charge in [0.05, 0.1) is 0 Å². The van der Waals surface area contributed by atoms with Gasteiger partial charge in [-0.15, -0.1) is 0 Å². The molecular formula is C43H54N2O6. The molecule has 8 nitrogen and oxygen atoms in total. The molecule has 0 amide bonds. The molecule has 4 aromatic rings. The smallest absolute Gasteiger partial charge is 0.307 e. The lowest BCUT2D eigenvalue weighted by molar-refractivity contribution is -0.151. The minimum absolute atomic E-state index is 0.00345. The lowest BCUT2D eigenvalue weighted by Crippen LogP contribution is -2.31. The SMILES string of the molecule is CC(C)(C)c1ccc(OC(CC(N)OC(=O)CCCC(=O)OC(N)CC(Oc2ccc(C(C)(C)C)cc2)c2ccccc2)c2ccccc2)cc1. The number of carbonyl (C=O) groups is 2. The minimum atomic E-state index is -0.906. The average Bonchev–Trinajstić information content (AvgIpc) is 3.08. The second-order valence-electron chi connectivity index (χ2n) is 15.0. The van der Waals surface area contributed by atoms with Crippen molar-refractivity contribution in [2.45, 2.75) is 109 Å². The third kappa shape index (κ3) is 12.9. The highest BCUT2D eigenvalue weighted by atomic mass is 16.6. The van der Waals surface area contributed by atoms with Gasteiger partial charge in [-0.05, 0) is 63.8 Å². The van der Waals surface area contributed by atoms with Crippen molar-refractivity contribution in [2.24, 2.45) is 11.5 Å². The summed E-state index contributed by atoms with van der Waals surface area (Å²) < 4.78 is 23.7. The molecule has 4 aromatic carbocycles. The van der Waals surface area contributed by atoms with Crippen LogP contribution in [0, 0.1) is 0 Å². The van der Waals surface area contributed by atoms with E-state index in [0.29, 0.717) is 11.5 Å². The monoisotopic (exact) mass is 694 g/mol. The molecule has 0 heterocycles. The molecule has 0 spiro atoms. The Morgan fingerprint density at radius 3 is 1.18 bits per heavy atom. The van der Waals surface area contributed by atoms with Crippen LogP contribution in [-0.2, 0) is 29.9 Å². The van der Waals surface area contributed by atoms with E-state index >= 15 is 0 Å². The van der Waals surface area contributed by atoms with Gasteiger partial charge in [-0.3, -0.25) is 21.1 Å². The Hall–Kier alpha value is -4.66. The molecule has 272 valence electrons. The van der Waals surface area contributed by atoms with Gasteiger partial charge in [-0.2, -0.15) is 0 Å². The fourth-order valence-corrected chi connectivity index (χ4v) is 5.59. The number of hydrogen-bond acceptors (Lipinski definition) is 8. The zero-order chi connectivity index (χ0) is 37.0. The Morgan fingerprint density at radius 2 is 0.863 bits per heavy atom. The summed E-state index contributed by atoms with van der Waals surface area (Å²) in [6.45, 7) is 13.0. The van der Waals surface area contributed by atoms with Crippen molar-refractivity contribution in [3.8, 4) is 11.5 Å². The first-order chi connectivity index (χ1) is 24.2. The lowest BCUT2D eigenvalue weighted by Gasteiger charge is -2.24. The first-order valence-electron chi connectivity index (χ1n) is 17.7. The van der Waals surface area contributed by atoms with Gasteiger partial charge in [0.2, 0.25) is 0 Å². The Kier molecular flexibility index (Phi) is 13.8. The van der Waals surface area contributed by atoms with Gasteiger partial charge in [0, 0.05) is 25.7 Å². The zero-order valence-corrected chi connectivity index (χ0v) is 30.8. The maximum atomic E-state index is 12.7. The van der Waals surface area contributed by atoms with Crippen LogP contribution in [-0.4, -0.2) is 24.4 Å². The predicted molar refractivity (Wildman–Crippen MR) is 201 cm³/mol. The molecule has 0 saturated heterocycles. The first-order valence-corrected chi connectivity index (χ1v) is 17.7. The van der Waals surface area contributed by atoms with Crippen molar-refractivity contribution in [3.63, 3.8) is 0 Å². The van der Waals surface area contributed by atoms with Crippen molar-refractivity contribution in [1.82, 2.24) is 0 Å². The van der Waals surface area contributed by atoms with Gasteiger partial charge < -0.3 is 18.9 Å². The van der Waals surface area contributed by atoms with Crippen LogP contribution in [0.4, 0.5) is 0 Å². The van der Waals surface area contributed by atoms with E-state index in [1.54, 1.807) is 0 Å². The van der Waals surface area contributed by atoms with Crippen molar-refractivity contribution in [1.29, 1.82) is 0 Å². The molecule has 8 heteroatoms. The van der Waals surface area contributed by atoms with Gasteiger partial charge in [-0.1, -0.05) is 126 Å². The Balaban J connectivity index is 1.25. The van der Waals surface area contributed by atoms with Crippen LogP contribution in [0.3, 0.4) is 0 Å². The molecular weight excluding hydrogens is 640 g/mol. The minimum Gasteiger partial charge on any atom is -0.486 e. The molecule has 0 aliphatic carbocycles. The van der Waals surface area contributed by atoms with E-state index in [2.05, 4.69) is 65.8 Å². The van der Waals surface area contributed by atoms with Crippen LogP contribution in [0.2, 0.25) is 0 Å². The van der Waals surface area contributed by atoms with E-state index in [4.69, 9.17) is 30.4 Å². The molecule has 0 aliphatic heterocycles. The Labute approximate surface area is 303 Å². The quantitative estimate of drug-likeness (QED) is 0.0881. The van der Waals surface area contributed by atoms with E-state index in [-0.39, 0.29) is 42.9 Å². The summed E-state index contributed by atoms with van der Waals surface area (Å²) in [4.78, 5) is 25.4. The predicted octanol–water partition coefficient (Wildman–Crippen LogP) is 8.83. The lowest BCUT2D eigenvalue weighted by atomic mass is 9.87. The molecule has 51 heavy (non-hydrogen) atoms. The number of nitrogens with two attached hydrogens (primary N) is 2. The van der Waals surface area contributed by atoms with Gasteiger partial charge in [0.15, 0.2) is 12.5 Å². The van der Waals surface area contributed by atoms with Crippen LogP contribution in [0.25, 0.3) is 0 Å². The summed E-state index contributed by atoms with van der Waals surface area (Å²) >= 11 is 0. The van der Waals surface area contributed by atoms with Crippen LogP contribution in [0.1, 0.15) is 108 Å². The van der Waals surface area contributed by atoms with Gasteiger partial charge in [-0.25, -0.2) is 0 Å². The molecule has 0 aliphatic rings. The third-order valence-electron chi connectivity index (χ3n) is 8.56. The molecule has 4 rings (SSSR count). The van der Waals surface area contributed by atoms with Gasteiger partial charge in [0.1, 0.15) is 23.7 Å². The number of ether oxygens (including phenoxy) is 4. The molecule has 4 unspecified atom stereocenters. The van der Waals surface area contributed by atoms with E-state index in [9.17, 15) is 9.59 Å². The van der Waals surface area contributed by atoms with E-state index < -0.39 is 36.6 Å². The van der Waals surface area contributed by atoms with Crippen LogP contribution >= 0.6 is 0 Å². The van der Waals surface area contributed by atoms with Crippen molar-refractivity contribution in [3.05, 3.63) is 131 Å². The zero-order valence-electron chi connectivity index (χ0n) is 30.8. The first kappa shape index (κ1) is 39.1. The highest BCUT2D eigenvalue weighted by Crippen LogP contribution is 2.31. The molecule has 0 aromatic heterocycles. The van der Waals surface area contributed by atoms with Crippen LogP contribution < -0.4 is 20.9 Å². The largest absolute Gasteiger partial charge is 0.486 e. The van der Waals surface area contributed by atoms with E-state index in [0.717, 1.165) is 11.1 Å². The number of benzene rings is 4. The fourth-order valence-electron chi connectivity index (χ4n) is 5.59. The van der Waals surface area contributed by atoms with Crippen molar-refractivity contribution < 1.29 is 28.5 Å². The van der Waals surface area contributed by atoms with E-state index in [1.165, 1.54) is 11.1 Å². The molecule has 0 saturated carbocycles. The summed E-state index contributed by atoms with van der Waals surface area (Å²) in [5, 5.41) is 0. The van der Waals surface area contributed by atoms with Crippen molar-refractivity contribution >= 4 is 11.9 Å². The maximum Gasteiger partial charge on any atom is 0.307 e. The summed E-state index contributed by atoms with van der Waals surface area (Å²) in [5.74, 6) is 0.388. The summed E-state index contributed by atoms with van der Waals surface area (Å²) in [6.07, 6.45) is -1.94. The van der Waals surface area contributed by atoms with Gasteiger partial charge in [0.25, 0.3) is 0 Å². The van der Waals surface area contributed by atoms with Crippen LogP contribution in [0.5, 0.6) is 11.5 Å². The highest BCUT2D eigenvalue weighted by molar-refractivity contribution is 5.72. The molecule has 0 fully saturated rings. The topological polar surface area (TPSA) is 123 Å². The average molecular weight is 695 g/mol. The molecule has 0 radical (unpaired) electrons. The molecule has 0 bridgehead atoms. The maximum absolute atomic E-state index is 12.7. The standard InChI is InChI=1S/C43H54N2O6/c1-42(2,3)32-20-24-34(25-21-32)48-36(30-14-9-7-10-15-30)28-38(44)50-40(46)18-13-19-41(47)51-39(45)29-37(31-16-11-8-12-17-31)49-35-26-22-33(23-27-35)43(4,5)6/h7-12,14-17,20-27,36-39H,13,18-19,28-29,44-45H2,1-6H3. The Bertz CT molecular complexity index is 1520. The summed E-state index contributed by atoms with van der Waals surface area (Å²) in [5.41, 5.74) is 16.8. The molecule has 4 atom stereocenters. The second-order valence-corrected chi connectivity index (χ2v) is 15.0. The summed E-state index contributed by atoms with van der Waals surface area (Å²) in [6, 6.07) is 35.4. The summed E-state index contributed by atoms with van der Waals surface area (Å²) in [7, 11) is 0. The number of carbonyl (C=O) groups excluding carboxylic acids is 2. The van der Waals surface area contributed by atoms with Gasteiger partial charge >= 0.3 is 11.9 Å².